The van der Waals surface area contributed by atoms with Gasteiger partial charge in [-0.25, -0.2) is 4.98 Å². The summed E-state index contributed by atoms with van der Waals surface area (Å²) >= 11 is 6.24. The van der Waals surface area contributed by atoms with Gasteiger partial charge in [0, 0.05) is 21.8 Å². The van der Waals surface area contributed by atoms with Crippen LogP contribution in [0.25, 0.3) is 10.9 Å². The molecule has 146 valence electrons. The summed E-state index contributed by atoms with van der Waals surface area (Å²) in [7, 11) is 0. The van der Waals surface area contributed by atoms with Crippen molar-refractivity contribution in [2.24, 2.45) is 0 Å². The van der Waals surface area contributed by atoms with E-state index in [-0.39, 0.29) is 5.88 Å². The molecule has 0 aliphatic heterocycles. The maximum atomic E-state index is 6.30. The van der Waals surface area contributed by atoms with Gasteiger partial charge in [-0.2, -0.15) is 4.98 Å². The van der Waals surface area contributed by atoms with Crippen LogP contribution in [0.1, 0.15) is 16.8 Å². The standard InChI is InChI=1S/C22H20ClN5O/c1-12-9-15(10-13(2)19(12)23)29-22-20(24)21(25-11-26-22)28-18-6-4-5-17-16(18)8-7-14(3)27-17/h4-11H,24H2,1-3H3,(H,25,26,28). The Morgan fingerprint density at radius 3 is 2.52 bits per heavy atom. The van der Waals surface area contributed by atoms with Gasteiger partial charge in [-0.1, -0.05) is 17.7 Å². The van der Waals surface area contributed by atoms with Gasteiger partial charge in [0.2, 0.25) is 5.88 Å². The summed E-state index contributed by atoms with van der Waals surface area (Å²) in [6.45, 7) is 5.81. The van der Waals surface area contributed by atoms with Gasteiger partial charge in [0.1, 0.15) is 17.8 Å². The van der Waals surface area contributed by atoms with E-state index in [1.807, 2.05) is 63.2 Å². The SMILES string of the molecule is Cc1ccc2c(Nc3ncnc(Oc4cc(C)c(Cl)c(C)c4)c3N)cccc2n1. The Balaban J connectivity index is 1.67. The first-order valence-corrected chi connectivity index (χ1v) is 9.48. The van der Waals surface area contributed by atoms with E-state index in [2.05, 4.69) is 20.3 Å². The van der Waals surface area contributed by atoms with E-state index in [0.717, 1.165) is 38.4 Å². The summed E-state index contributed by atoms with van der Waals surface area (Å²) in [4.78, 5) is 13.0. The predicted octanol–water partition coefficient (Wildman–Crippen LogP) is 5.72. The van der Waals surface area contributed by atoms with Crippen molar-refractivity contribution in [3.63, 3.8) is 0 Å². The van der Waals surface area contributed by atoms with Crippen molar-refractivity contribution in [2.75, 3.05) is 11.1 Å². The number of rotatable bonds is 4. The molecule has 0 atom stereocenters. The Morgan fingerprint density at radius 2 is 1.76 bits per heavy atom. The molecule has 0 amide bonds. The molecule has 0 radical (unpaired) electrons. The molecule has 29 heavy (non-hydrogen) atoms. The number of ether oxygens (including phenoxy) is 1. The van der Waals surface area contributed by atoms with E-state index >= 15 is 0 Å². The van der Waals surface area contributed by atoms with Gasteiger partial charge in [0.15, 0.2) is 5.82 Å². The lowest BCUT2D eigenvalue weighted by Crippen LogP contribution is -2.03. The lowest BCUT2D eigenvalue weighted by Gasteiger charge is -2.14. The highest BCUT2D eigenvalue weighted by Crippen LogP contribution is 2.34. The number of hydrogen-bond acceptors (Lipinski definition) is 6. The van der Waals surface area contributed by atoms with Crippen LogP contribution in [-0.4, -0.2) is 15.0 Å². The maximum Gasteiger partial charge on any atom is 0.248 e. The molecule has 0 unspecified atom stereocenters. The lowest BCUT2D eigenvalue weighted by atomic mass is 10.1. The van der Waals surface area contributed by atoms with Crippen LogP contribution < -0.4 is 15.8 Å². The normalized spacial score (nSPS) is 10.9. The molecular formula is C22H20ClN5O. The first-order chi connectivity index (χ1) is 13.9. The highest BCUT2D eigenvalue weighted by Gasteiger charge is 2.13. The Bertz CT molecular complexity index is 1200. The topological polar surface area (TPSA) is 86.0 Å². The van der Waals surface area contributed by atoms with Crippen molar-refractivity contribution in [1.82, 2.24) is 15.0 Å². The summed E-state index contributed by atoms with van der Waals surface area (Å²) in [6.07, 6.45) is 1.41. The number of nitrogen functional groups attached to an aromatic ring is 1. The van der Waals surface area contributed by atoms with Crippen LogP contribution in [0.5, 0.6) is 11.6 Å². The molecule has 0 aliphatic rings. The first kappa shape index (κ1) is 19.0. The minimum absolute atomic E-state index is 0.276. The number of hydrogen-bond donors (Lipinski definition) is 2. The zero-order chi connectivity index (χ0) is 20.5. The summed E-state index contributed by atoms with van der Waals surface area (Å²) in [5, 5.41) is 4.97. The minimum atomic E-state index is 0.276. The van der Waals surface area contributed by atoms with Crippen LogP contribution in [0.2, 0.25) is 5.02 Å². The summed E-state index contributed by atoms with van der Waals surface area (Å²) < 4.78 is 5.92. The monoisotopic (exact) mass is 405 g/mol. The van der Waals surface area contributed by atoms with Gasteiger partial charge in [-0.3, -0.25) is 4.98 Å². The molecule has 4 rings (SSSR count). The molecule has 0 spiro atoms. The fourth-order valence-electron chi connectivity index (χ4n) is 3.13. The molecule has 6 nitrogen and oxygen atoms in total. The Labute approximate surface area is 173 Å². The molecule has 0 bridgehead atoms. The number of aromatic nitrogens is 3. The maximum absolute atomic E-state index is 6.30. The van der Waals surface area contributed by atoms with Crippen molar-refractivity contribution in [2.45, 2.75) is 20.8 Å². The third-order valence-corrected chi connectivity index (χ3v) is 5.19. The zero-order valence-corrected chi connectivity index (χ0v) is 17.1. The molecule has 7 heteroatoms. The van der Waals surface area contributed by atoms with Gasteiger partial charge < -0.3 is 15.8 Å². The zero-order valence-electron chi connectivity index (χ0n) is 16.3. The molecule has 0 aliphatic carbocycles. The number of halogens is 1. The average Bonchev–Trinajstić information content (AvgIpc) is 2.69. The van der Waals surface area contributed by atoms with Crippen LogP contribution >= 0.6 is 11.6 Å². The number of fused-ring (bicyclic) bond motifs is 1. The van der Waals surface area contributed by atoms with Gasteiger partial charge in [-0.15, -0.1) is 0 Å². The van der Waals surface area contributed by atoms with E-state index in [1.54, 1.807) is 0 Å². The van der Waals surface area contributed by atoms with Gasteiger partial charge in [0.05, 0.1) is 5.52 Å². The lowest BCUT2D eigenvalue weighted by molar-refractivity contribution is 0.464. The highest BCUT2D eigenvalue weighted by molar-refractivity contribution is 6.32. The largest absolute Gasteiger partial charge is 0.437 e. The van der Waals surface area contributed by atoms with E-state index in [9.17, 15) is 0 Å². The summed E-state index contributed by atoms with van der Waals surface area (Å²) in [6, 6.07) is 13.5. The van der Waals surface area contributed by atoms with Crippen molar-refractivity contribution in [3.8, 4) is 11.6 Å². The van der Waals surface area contributed by atoms with Crippen molar-refractivity contribution < 1.29 is 4.74 Å². The number of aryl methyl sites for hydroxylation is 3. The van der Waals surface area contributed by atoms with Gasteiger partial charge in [0.25, 0.3) is 0 Å². The molecule has 2 heterocycles. The summed E-state index contributed by atoms with van der Waals surface area (Å²) in [5.74, 6) is 1.36. The molecule has 2 aromatic carbocycles. The number of nitrogens with zero attached hydrogens (tertiary/aromatic N) is 3. The fraction of sp³-hybridized carbons (Fsp3) is 0.136. The third-order valence-electron chi connectivity index (χ3n) is 4.60. The Morgan fingerprint density at radius 1 is 1.00 bits per heavy atom. The van der Waals surface area contributed by atoms with E-state index < -0.39 is 0 Å². The number of nitrogens with one attached hydrogen (secondary N) is 1. The predicted molar refractivity (Wildman–Crippen MR) is 117 cm³/mol. The van der Waals surface area contributed by atoms with Crippen molar-refractivity contribution in [1.29, 1.82) is 0 Å². The molecule has 4 aromatic rings. The molecule has 0 saturated heterocycles. The Kier molecular flexibility index (Phi) is 4.94. The fourth-order valence-corrected chi connectivity index (χ4v) is 3.24. The van der Waals surface area contributed by atoms with Gasteiger partial charge >= 0.3 is 0 Å². The summed E-state index contributed by atoms with van der Waals surface area (Å²) in [5.41, 5.74) is 11.2. The second kappa shape index (κ2) is 7.56. The van der Waals surface area contributed by atoms with Crippen LogP contribution in [-0.2, 0) is 0 Å². The van der Waals surface area contributed by atoms with E-state index in [0.29, 0.717) is 17.3 Å². The van der Waals surface area contributed by atoms with Crippen molar-refractivity contribution >= 4 is 39.7 Å². The second-order valence-electron chi connectivity index (χ2n) is 6.86. The molecule has 0 saturated carbocycles. The first-order valence-electron chi connectivity index (χ1n) is 9.11. The van der Waals surface area contributed by atoms with Gasteiger partial charge in [-0.05, 0) is 68.3 Å². The number of benzene rings is 2. The van der Waals surface area contributed by atoms with E-state index in [4.69, 9.17) is 22.1 Å². The highest BCUT2D eigenvalue weighted by atomic mass is 35.5. The van der Waals surface area contributed by atoms with E-state index in [1.165, 1.54) is 6.33 Å². The average molecular weight is 406 g/mol. The molecule has 3 N–H and O–H groups in total. The molecule has 0 fully saturated rings. The second-order valence-corrected chi connectivity index (χ2v) is 7.24. The number of nitrogens with two attached hydrogens (primary N) is 1. The molecule has 2 aromatic heterocycles. The number of anilines is 3. The third kappa shape index (κ3) is 3.79. The smallest absolute Gasteiger partial charge is 0.248 e. The van der Waals surface area contributed by atoms with Crippen LogP contribution in [0.3, 0.4) is 0 Å². The van der Waals surface area contributed by atoms with Crippen LogP contribution in [0.15, 0.2) is 48.8 Å². The van der Waals surface area contributed by atoms with Crippen LogP contribution in [0, 0.1) is 20.8 Å². The quantitative estimate of drug-likeness (QED) is 0.451. The van der Waals surface area contributed by atoms with Crippen molar-refractivity contribution in [3.05, 3.63) is 70.6 Å². The van der Waals surface area contributed by atoms with Crippen LogP contribution in [0.4, 0.5) is 17.2 Å². The molecular weight excluding hydrogens is 386 g/mol. The Hall–Kier alpha value is -3.38. The number of pyridine rings is 1. The minimum Gasteiger partial charge on any atom is -0.437 e.